The molecule has 6 heteroatoms. The molecule has 29 heavy (non-hydrogen) atoms. The third kappa shape index (κ3) is 6.84. The Hall–Kier alpha value is -2.44. The fourth-order valence-corrected chi connectivity index (χ4v) is 4.11. The Balaban J connectivity index is 2.00. The summed E-state index contributed by atoms with van der Waals surface area (Å²) in [6.45, 7) is 1.95. The minimum Gasteiger partial charge on any atom is -0.242 e. The predicted octanol–water partition coefficient (Wildman–Crippen LogP) is 8.06. The van der Waals surface area contributed by atoms with E-state index in [1.54, 1.807) is 42.5 Å². The molecule has 0 spiro atoms. The highest BCUT2D eigenvalue weighted by Crippen LogP contribution is 2.40. The lowest BCUT2D eigenvalue weighted by atomic mass is 10.2. The van der Waals surface area contributed by atoms with Gasteiger partial charge in [-0.05, 0) is 49.4 Å². The van der Waals surface area contributed by atoms with Gasteiger partial charge in [0.1, 0.15) is 5.04 Å². The van der Waals surface area contributed by atoms with Crippen LogP contribution in [0.5, 0.6) is 0 Å². The van der Waals surface area contributed by atoms with Gasteiger partial charge in [-0.3, -0.25) is 0 Å². The molecular formula is C23H18F3NS2. The first-order valence-corrected chi connectivity index (χ1v) is 10.4. The van der Waals surface area contributed by atoms with Gasteiger partial charge >= 0.3 is 6.18 Å². The standard InChI is InChI=1S/C23H18F3NS2/c1-17-12-14-18(15-13-17)27-22(29-20-10-6-3-7-11-20)16-21(23(24,25)26)28-19-8-4-2-5-9-19/h2-16H,1H3. The van der Waals surface area contributed by atoms with E-state index in [2.05, 4.69) is 4.99 Å². The number of hydrogen-bond donors (Lipinski definition) is 0. The monoisotopic (exact) mass is 429 g/mol. The first kappa shape index (κ1) is 21.3. The molecular weight excluding hydrogens is 411 g/mol. The number of aryl methyl sites for hydroxylation is 1. The van der Waals surface area contributed by atoms with E-state index in [0.717, 1.165) is 16.5 Å². The Labute approximate surface area is 176 Å². The van der Waals surface area contributed by atoms with Crippen molar-refractivity contribution in [2.45, 2.75) is 22.9 Å². The van der Waals surface area contributed by atoms with Gasteiger partial charge in [-0.15, -0.1) is 0 Å². The summed E-state index contributed by atoms with van der Waals surface area (Å²) < 4.78 is 41.2. The molecule has 0 unspecified atom stereocenters. The Morgan fingerprint density at radius 2 is 1.28 bits per heavy atom. The van der Waals surface area contributed by atoms with Crippen LogP contribution >= 0.6 is 23.5 Å². The van der Waals surface area contributed by atoms with Gasteiger partial charge in [-0.2, -0.15) is 13.2 Å². The van der Waals surface area contributed by atoms with Crippen molar-refractivity contribution in [1.29, 1.82) is 0 Å². The summed E-state index contributed by atoms with van der Waals surface area (Å²) in [6.07, 6.45) is -3.36. The van der Waals surface area contributed by atoms with Crippen LogP contribution in [0.3, 0.4) is 0 Å². The van der Waals surface area contributed by atoms with Crippen molar-refractivity contribution in [2.75, 3.05) is 0 Å². The Kier molecular flexibility index (Phi) is 7.23. The highest BCUT2D eigenvalue weighted by atomic mass is 32.2. The van der Waals surface area contributed by atoms with Crippen molar-refractivity contribution in [3.8, 4) is 0 Å². The van der Waals surface area contributed by atoms with Crippen LogP contribution in [-0.4, -0.2) is 11.2 Å². The molecule has 0 fully saturated rings. The van der Waals surface area contributed by atoms with Crippen LogP contribution in [0, 0.1) is 6.92 Å². The number of alkyl halides is 3. The zero-order valence-corrected chi connectivity index (χ0v) is 17.2. The van der Waals surface area contributed by atoms with Gasteiger partial charge in [0, 0.05) is 9.79 Å². The van der Waals surface area contributed by atoms with Gasteiger partial charge in [0.15, 0.2) is 0 Å². The molecule has 0 aliphatic rings. The topological polar surface area (TPSA) is 12.4 Å². The summed E-state index contributed by atoms with van der Waals surface area (Å²) in [4.78, 5) is 5.11. The normalized spacial score (nSPS) is 12.8. The quantitative estimate of drug-likeness (QED) is 0.231. The van der Waals surface area contributed by atoms with Crippen LogP contribution in [0.2, 0.25) is 0 Å². The van der Waals surface area contributed by atoms with Crippen LogP contribution in [0.4, 0.5) is 18.9 Å². The average Bonchev–Trinajstić information content (AvgIpc) is 2.70. The minimum atomic E-state index is -4.48. The molecule has 0 saturated carbocycles. The van der Waals surface area contributed by atoms with E-state index in [4.69, 9.17) is 0 Å². The number of aliphatic imine (C=N–C) groups is 1. The number of benzene rings is 3. The van der Waals surface area contributed by atoms with Gasteiger partial charge in [-0.1, -0.05) is 77.6 Å². The fourth-order valence-electron chi connectivity index (χ4n) is 2.34. The maximum absolute atomic E-state index is 13.7. The van der Waals surface area contributed by atoms with E-state index in [1.165, 1.54) is 11.8 Å². The molecule has 3 aromatic carbocycles. The molecule has 0 aliphatic carbocycles. The lowest BCUT2D eigenvalue weighted by molar-refractivity contribution is -0.0835. The van der Waals surface area contributed by atoms with E-state index in [-0.39, 0.29) is 5.04 Å². The number of nitrogens with zero attached hydrogens (tertiary/aromatic N) is 1. The second-order valence-corrected chi connectivity index (χ2v) is 8.33. The van der Waals surface area contributed by atoms with Gasteiger partial charge in [0.05, 0.1) is 10.6 Å². The number of thioether (sulfide) groups is 2. The molecule has 0 amide bonds. The summed E-state index contributed by atoms with van der Waals surface area (Å²) >= 11 is 1.89. The second kappa shape index (κ2) is 9.85. The summed E-state index contributed by atoms with van der Waals surface area (Å²) in [5, 5.41) is 0.274. The van der Waals surface area contributed by atoms with E-state index in [0.29, 0.717) is 22.3 Å². The molecule has 0 heterocycles. The maximum atomic E-state index is 13.7. The number of allylic oxidation sites excluding steroid dienone is 1. The third-order valence-electron chi connectivity index (χ3n) is 3.74. The van der Waals surface area contributed by atoms with Crippen LogP contribution in [0.25, 0.3) is 0 Å². The Morgan fingerprint density at radius 1 is 0.759 bits per heavy atom. The molecule has 0 saturated heterocycles. The summed E-state index contributed by atoms with van der Waals surface area (Å²) in [5.41, 5.74) is 1.67. The van der Waals surface area contributed by atoms with Gasteiger partial charge in [0.25, 0.3) is 0 Å². The Morgan fingerprint density at radius 3 is 1.79 bits per heavy atom. The SMILES string of the molecule is Cc1ccc(N=C(C=C(Sc2ccccc2)C(F)(F)F)Sc2ccccc2)cc1. The average molecular weight is 430 g/mol. The zero-order chi connectivity index (χ0) is 20.7. The minimum absolute atomic E-state index is 0.274. The maximum Gasteiger partial charge on any atom is 0.422 e. The van der Waals surface area contributed by atoms with Gasteiger partial charge in [-0.25, -0.2) is 4.99 Å². The van der Waals surface area contributed by atoms with Crippen molar-refractivity contribution in [3.63, 3.8) is 0 Å². The molecule has 1 nitrogen and oxygen atoms in total. The number of hydrogen-bond acceptors (Lipinski definition) is 3. The highest BCUT2D eigenvalue weighted by molar-refractivity contribution is 8.14. The molecule has 0 bridgehead atoms. The lowest BCUT2D eigenvalue weighted by Crippen LogP contribution is -2.10. The van der Waals surface area contributed by atoms with E-state index in [1.807, 2.05) is 49.4 Å². The van der Waals surface area contributed by atoms with Crippen molar-refractivity contribution in [3.05, 3.63) is 101 Å². The largest absolute Gasteiger partial charge is 0.422 e. The summed E-state index contributed by atoms with van der Waals surface area (Å²) in [6, 6.07) is 25.1. The third-order valence-corrected chi connectivity index (χ3v) is 5.75. The zero-order valence-electron chi connectivity index (χ0n) is 15.6. The summed E-state index contributed by atoms with van der Waals surface area (Å²) in [5.74, 6) is 0. The van der Waals surface area contributed by atoms with Crippen molar-refractivity contribution < 1.29 is 13.2 Å². The highest BCUT2D eigenvalue weighted by Gasteiger charge is 2.35. The number of halogens is 3. The fraction of sp³-hybridized carbons (Fsp3) is 0.0870. The number of rotatable bonds is 5. The van der Waals surface area contributed by atoms with Crippen molar-refractivity contribution >= 4 is 34.3 Å². The van der Waals surface area contributed by atoms with E-state index >= 15 is 0 Å². The van der Waals surface area contributed by atoms with Crippen LogP contribution < -0.4 is 0 Å². The first-order valence-electron chi connectivity index (χ1n) is 8.80. The van der Waals surface area contributed by atoms with Gasteiger partial charge in [0.2, 0.25) is 0 Å². The summed E-state index contributed by atoms with van der Waals surface area (Å²) in [7, 11) is 0. The molecule has 0 N–H and O–H groups in total. The Bertz CT molecular complexity index is 980. The molecule has 3 rings (SSSR count). The molecule has 0 radical (unpaired) electrons. The molecule has 3 aromatic rings. The smallest absolute Gasteiger partial charge is 0.242 e. The van der Waals surface area contributed by atoms with Crippen molar-refractivity contribution in [1.82, 2.24) is 0 Å². The van der Waals surface area contributed by atoms with Crippen LogP contribution in [-0.2, 0) is 0 Å². The first-order chi connectivity index (χ1) is 13.9. The molecule has 0 aromatic heterocycles. The lowest BCUT2D eigenvalue weighted by Gasteiger charge is -2.12. The second-order valence-electron chi connectivity index (χ2n) is 6.12. The molecule has 0 atom stereocenters. The van der Waals surface area contributed by atoms with Crippen molar-refractivity contribution in [2.24, 2.45) is 4.99 Å². The van der Waals surface area contributed by atoms with Crippen LogP contribution in [0.1, 0.15) is 5.56 Å². The molecule has 148 valence electrons. The van der Waals surface area contributed by atoms with Crippen LogP contribution in [0.15, 0.2) is 111 Å². The molecule has 0 aliphatic heterocycles. The van der Waals surface area contributed by atoms with Gasteiger partial charge < -0.3 is 0 Å². The van der Waals surface area contributed by atoms with E-state index < -0.39 is 11.1 Å². The van der Waals surface area contributed by atoms with E-state index in [9.17, 15) is 13.2 Å². The predicted molar refractivity (Wildman–Crippen MR) is 117 cm³/mol.